The predicted molar refractivity (Wildman–Crippen MR) is 139 cm³/mol. The summed E-state index contributed by atoms with van der Waals surface area (Å²) in [5.74, 6) is -0.296. The Morgan fingerprint density at radius 1 is 1.00 bits per heavy atom. The Morgan fingerprint density at radius 2 is 1.74 bits per heavy atom. The van der Waals surface area contributed by atoms with Gasteiger partial charge in [-0.2, -0.15) is 0 Å². The minimum absolute atomic E-state index is 0.000957. The van der Waals surface area contributed by atoms with Gasteiger partial charge in [0.15, 0.2) is 5.13 Å². The monoisotopic (exact) mass is 489 g/mol. The van der Waals surface area contributed by atoms with E-state index in [0.29, 0.717) is 17.2 Å². The van der Waals surface area contributed by atoms with Gasteiger partial charge in [-0.15, -0.1) is 0 Å². The summed E-state index contributed by atoms with van der Waals surface area (Å²) in [4.78, 5) is 22.3. The lowest BCUT2D eigenvalue weighted by Crippen LogP contribution is -2.39. The average Bonchev–Trinajstić information content (AvgIpc) is 3.31. The molecule has 1 amide bonds. The molecule has 1 saturated heterocycles. The van der Waals surface area contributed by atoms with Crippen molar-refractivity contribution in [3.05, 3.63) is 84.2 Å². The molecular weight excluding hydrogens is 461 g/mol. The van der Waals surface area contributed by atoms with E-state index >= 15 is 0 Å². The molecule has 5 nitrogen and oxygen atoms in total. The first-order chi connectivity index (χ1) is 17.2. The van der Waals surface area contributed by atoms with Crippen LogP contribution < -0.4 is 4.90 Å². The SMILES string of the molecule is O=C(Cc1ccc(-c2ccccc2)cc1)N(CCCN1CCOCC1)c1nc2ccc(F)cc2s1. The summed E-state index contributed by atoms with van der Waals surface area (Å²) in [6, 6.07) is 22.9. The first-order valence-electron chi connectivity index (χ1n) is 12.0. The smallest absolute Gasteiger partial charge is 0.233 e. The van der Waals surface area contributed by atoms with Gasteiger partial charge < -0.3 is 4.74 Å². The number of carbonyl (C=O) groups is 1. The first kappa shape index (κ1) is 23.6. The molecule has 0 atom stereocenters. The summed E-state index contributed by atoms with van der Waals surface area (Å²) in [5, 5.41) is 0.624. The van der Waals surface area contributed by atoms with Gasteiger partial charge in [0.2, 0.25) is 5.91 Å². The van der Waals surface area contributed by atoms with Crippen LogP contribution in [0.2, 0.25) is 0 Å². The van der Waals surface area contributed by atoms with E-state index in [1.807, 2.05) is 30.3 Å². The molecule has 7 heteroatoms. The van der Waals surface area contributed by atoms with E-state index in [-0.39, 0.29) is 18.1 Å². The molecule has 180 valence electrons. The number of ether oxygens (including phenoxy) is 1. The van der Waals surface area contributed by atoms with E-state index in [9.17, 15) is 9.18 Å². The van der Waals surface area contributed by atoms with Gasteiger partial charge in [-0.25, -0.2) is 9.37 Å². The van der Waals surface area contributed by atoms with Crippen LogP contribution in [0.3, 0.4) is 0 Å². The van der Waals surface area contributed by atoms with Gasteiger partial charge >= 0.3 is 0 Å². The Balaban J connectivity index is 1.32. The van der Waals surface area contributed by atoms with Crippen LogP contribution in [0.15, 0.2) is 72.8 Å². The van der Waals surface area contributed by atoms with Crippen molar-refractivity contribution in [2.45, 2.75) is 12.8 Å². The fraction of sp³-hybridized carbons (Fsp3) is 0.286. The number of thiazole rings is 1. The van der Waals surface area contributed by atoms with Crippen molar-refractivity contribution in [2.75, 3.05) is 44.3 Å². The molecule has 5 rings (SSSR count). The Morgan fingerprint density at radius 3 is 2.51 bits per heavy atom. The van der Waals surface area contributed by atoms with Crippen LogP contribution >= 0.6 is 11.3 Å². The van der Waals surface area contributed by atoms with Crippen LogP contribution in [-0.2, 0) is 16.0 Å². The third kappa shape index (κ3) is 5.93. The zero-order valence-electron chi connectivity index (χ0n) is 19.5. The van der Waals surface area contributed by atoms with E-state index < -0.39 is 0 Å². The van der Waals surface area contributed by atoms with E-state index in [1.165, 1.54) is 23.5 Å². The maximum Gasteiger partial charge on any atom is 0.233 e. The molecule has 35 heavy (non-hydrogen) atoms. The molecule has 0 N–H and O–H groups in total. The molecule has 0 spiro atoms. The number of benzene rings is 3. The topological polar surface area (TPSA) is 45.7 Å². The standard InChI is InChI=1S/C28H28FN3O2S/c29-24-11-12-25-26(20-24)35-28(30-25)32(14-4-13-31-15-17-34-18-16-31)27(33)19-21-7-9-23(10-8-21)22-5-2-1-3-6-22/h1-3,5-12,20H,4,13-19H2. The van der Waals surface area contributed by atoms with Gasteiger partial charge in [0.25, 0.3) is 0 Å². The van der Waals surface area contributed by atoms with Gasteiger partial charge in [-0.3, -0.25) is 14.6 Å². The van der Waals surface area contributed by atoms with Crippen molar-refractivity contribution in [3.63, 3.8) is 0 Å². The molecule has 0 saturated carbocycles. The van der Waals surface area contributed by atoms with Crippen LogP contribution in [0.1, 0.15) is 12.0 Å². The van der Waals surface area contributed by atoms with Crippen LogP contribution in [0.25, 0.3) is 21.3 Å². The van der Waals surface area contributed by atoms with E-state index in [4.69, 9.17) is 4.74 Å². The molecule has 0 unspecified atom stereocenters. The minimum Gasteiger partial charge on any atom is -0.379 e. The molecule has 0 aliphatic carbocycles. The van der Waals surface area contributed by atoms with Gasteiger partial charge in [0.05, 0.1) is 29.9 Å². The van der Waals surface area contributed by atoms with E-state index in [2.05, 4.69) is 34.1 Å². The number of anilines is 1. The quantitative estimate of drug-likeness (QED) is 0.332. The maximum absolute atomic E-state index is 13.7. The number of nitrogens with zero attached hydrogens (tertiary/aromatic N) is 3. The molecule has 0 radical (unpaired) electrons. The summed E-state index contributed by atoms with van der Waals surface area (Å²) in [5.41, 5.74) is 3.94. The zero-order chi connectivity index (χ0) is 24.0. The molecule has 1 aliphatic rings. The van der Waals surface area contributed by atoms with Crippen LogP contribution in [0, 0.1) is 5.82 Å². The lowest BCUT2D eigenvalue weighted by molar-refractivity contribution is -0.118. The average molecular weight is 490 g/mol. The molecule has 1 fully saturated rings. The summed E-state index contributed by atoms with van der Waals surface area (Å²) < 4.78 is 19.9. The van der Waals surface area contributed by atoms with Crippen molar-refractivity contribution in [3.8, 4) is 11.1 Å². The van der Waals surface area contributed by atoms with Gasteiger partial charge in [-0.05, 0) is 41.3 Å². The lowest BCUT2D eigenvalue weighted by atomic mass is 10.0. The first-order valence-corrected chi connectivity index (χ1v) is 12.8. The second-order valence-corrected chi connectivity index (χ2v) is 9.71. The second-order valence-electron chi connectivity index (χ2n) is 8.70. The molecule has 4 aromatic rings. The number of morpholine rings is 1. The zero-order valence-corrected chi connectivity index (χ0v) is 20.3. The Bertz CT molecular complexity index is 1270. The highest BCUT2D eigenvalue weighted by atomic mass is 32.1. The third-order valence-electron chi connectivity index (χ3n) is 6.25. The van der Waals surface area contributed by atoms with Gasteiger partial charge in [0.1, 0.15) is 5.82 Å². The highest BCUT2D eigenvalue weighted by molar-refractivity contribution is 7.22. The highest BCUT2D eigenvalue weighted by Gasteiger charge is 2.21. The predicted octanol–water partition coefficient (Wildman–Crippen LogP) is 5.40. The Labute approximate surface area is 208 Å². The summed E-state index contributed by atoms with van der Waals surface area (Å²) in [6.07, 6.45) is 1.12. The number of fused-ring (bicyclic) bond motifs is 1. The molecule has 1 aromatic heterocycles. The maximum atomic E-state index is 13.7. The minimum atomic E-state index is -0.295. The number of carbonyl (C=O) groups excluding carboxylic acids is 1. The fourth-order valence-corrected chi connectivity index (χ4v) is 5.36. The number of amides is 1. The van der Waals surface area contributed by atoms with Crippen molar-refractivity contribution in [1.82, 2.24) is 9.88 Å². The molecule has 2 heterocycles. The summed E-state index contributed by atoms with van der Waals surface area (Å²) in [6.45, 7) is 4.82. The fourth-order valence-electron chi connectivity index (χ4n) is 4.32. The molecular formula is C28H28FN3O2S. The van der Waals surface area contributed by atoms with Crippen LogP contribution in [-0.4, -0.2) is 55.2 Å². The summed E-state index contributed by atoms with van der Waals surface area (Å²) >= 11 is 1.36. The van der Waals surface area contributed by atoms with Crippen molar-refractivity contribution in [2.24, 2.45) is 0 Å². The van der Waals surface area contributed by atoms with Crippen molar-refractivity contribution < 1.29 is 13.9 Å². The van der Waals surface area contributed by atoms with Crippen molar-refractivity contribution in [1.29, 1.82) is 0 Å². The molecule has 0 bridgehead atoms. The third-order valence-corrected chi connectivity index (χ3v) is 7.29. The van der Waals surface area contributed by atoms with Crippen LogP contribution in [0.5, 0.6) is 0 Å². The van der Waals surface area contributed by atoms with E-state index in [0.717, 1.165) is 60.7 Å². The second kappa shape index (κ2) is 11.1. The summed E-state index contributed by atoms with van der Waals surface area (Å²) in [7, 11) is 0. The largest absolute Gasteiger partial charge is 0.379 e. The normalized spacial score (nSPS) is 14.3. The molecule has 3 aromatic carbocycles. The van der Waals surface area contributed by atoms with Gasteiger partial charge in [-0.1, -0.05) is 65.9 Å². The lowest BCUT2D eigenvalue weighted by Gasteiger charge is -2.27. The van der Waals surface area contributed by atoms with Gasteiger partial charge in [0, 0.05) is 26.2 Å². The number of halogens is 1. The van der Waals surface area contributed by atoms with Crippen LogP contribution in [0.4, 0.5) is 9.52 Å². The number of rotatable bonds is 8. The highest BCUT2D eigenvalue weighted by Crippen LogP contribution is 2.30. The Hall–Kier alpha value is -3.13. The number of hydrogen-bond acceptors (Lipinski definition) is 5. The number of hydrogen-bond donors (Lipinski definition) is 0. The number of aromatic nitrogens is 1. The van der Waals surface area contributed by atoms with Crippen molar-refractivity contribution >= 4 is 32.6 Å². The van der Waals surface area contributed by atoms with E-state index in [1.54, 1.807) is 11.0 Å². The molecule has 1 aliphatic heterocycles. The Kier molecular flexibility index (Phi) is 7.47.